The molecule has 7 nitrogen and oxygen atoms in total. The number of sulfonamides is 1. The van der Waals surface area contributed by atoms with Crippen LogP contribution in [0.25, 0.3) is 0 Å². The zero-order valence-electron chi connectivity index (χ0n) is 17.0. The summed E-state index contributed by atoms with van der Waals surface area (Å²) in [5.41, 5.74) is 0.225. The van der Waals surface area contributed by atoms with E-state index >= 15 is 0 Å². The van der Waals surface area contributed by atoms with E-state index in [9.17, 15) is 13.2 Å². The van der Waals surface area contributed by atoms with Gasteiger partial charge in [0.15, 0.2) is 0 Å². The van der Waals surface area contributed by atoms with E-state index in [-0.39, 0.29) is 28.5 Å². The number of nitrogens with zero attached hydrogens (tertiary/aromatic N) is 2. The third kappa shape index (κ3) is 5.28. The molecule has 0 saturated carbocycles. The Hall–Kier alpha value is -1.48. The van der Waals surface area contributed by atoms with Crippen molar-refractivity contribution in [2.45, 2.75) is 50.3 Å². The number of hydrogen-bond acceptors (Lipinski definition) is 5. The van der Waals surface area contributed by atoms with Gasteiger partial charge in [0.2, 0.25) is 10.0 Å². The van der Waals surface area contributed by atoms with E-state index in [0.29, 0.717) is 12.1 Å². The molecule has 2 rings (SSSR count). The quantitative estimate of drug-likeness (QED) is 0.788. The minimum absolute atomic E-state index is 0.162. The lowest BCUT2D eigenvalue weighted by Crippen LogP contribution is -2.58. The number of ether oxygens (including phenoxy) is 1. The van der Waals surface area contributed by atoms with Crippen LogP contribution >= 0.6 is 0 Å². The average molecular weight is 398 g/mol. The molecule has 1 aromatic rings. The standard InChI is InChI=1S/C19H31N3O4S/c1-14-11-22(12-15(2)26-14)19(3,4)13-20-18(23)16-7-9-17(10-8-16)27(24,25)21(5)6/h7-10,14-15H,11-13H2,1-6H3,(H,20,23). The average Bonchev–Trinajstić information content (AvgIpc) is 2.59. The van der Waals surface area contributed by atoms with Crippen LogP contribution in [0.1, 0.15) is 38.1 Å². The first-order chi connectivity index (χ1) is 12.4. The van der Waals surface area contributed by atoms with Crippen molar-refractivity contribution in [1.29, 1.82) is 0 Å². The van der Waals surface area contributed by atoms with E-state index in [1.807, 2.05) is 0 Å². The van der Waals surface area contributed by atoms with E-state index in [1.54, 1.807) is 0 Å². The van der Waals surface area contributed by atoms with Crippen molar-refractivity contribution < 1.29 is 17.9 Å². The van der Waals surface area contributed by atoms with Gasteiger partial charge in [-0.05, 0) is 52.0 Å². The van der Waals surface area contributed by atoms with Gasteiger partial charge in [-0.2, -0.15) is 0 Å². The van der Waals surface area contributed by atoms with Crippen molar-refractivity contribution in [3.8, 4) is 0 Å². The summed E-state index contributed by atoms with van der Waals surface area (Å²) in [5.74, 6) is -0.216. The van der Waals surface area contributed by atoms with Gasteiger partial charge in [-0.3, -0.25) is 9.69 Å². The molecule has 1 aliphatic heterocycles. The molecule has 1 aromatic carbocycles. The monoisotopic (exact) mass is 397 g/mol. The zero-order valence-corrected chi connectivity index (χ0v) is 17.8. The molecule has 0 bridgehead atoms. The maximum Gasteiger partial charge on any atom is 0.251 e. The van der Waals surface area contributed by atoms with Crippen molar-refractivity contribution in [3.63, 3.8) is 0 Å². The maximum absolute atomic E-state index is 12.5. The Labute approximate surface area is 162 Å². The number of carbonyl (C=O) groups excluding carboxylic acids is 1. The van der Waals surface area contributed by atoms with Crippen molar-refractivity contribution in [2.24, 2.45) is 0 Å². The van der Waals surface area contributed by atoms with Gasteiger partial charge < -0.3 is 10.1 Å². The maximum atomic E-state index is 12.5. The highest BCUT2D eigenvalue weighted by Crippen LogP contribution is 2.21. The lowest BCUT2D eigenvalue weighted by molar-refractivity contribution is -0.0948. The number of benzene rings is 1. The molecule has 1 fully saturated rings. The second-order valence-electron chi connectivity index (χ2n) is 7.97. The molecule has 0 aromatic heterocycles. The van der Waals surface area contributed by atoms with Crippen LogP contribution in [0.15, 0.2) is 29.2 Å². The molecule has 2 unspecified atom stereocenters. The van der Waals surface area contributed by atoms with Crippen LogP contribution in [-0.2, 0) is 14.8 Å². The predicted octanol–water partition coefficient (Wildman–Crippen LogP) is 1.55. The largest absolute Gasteiger partial charge is 0.373 e. The predicted molar refractivity (Wildman–Crippen MR) is 105 cm³/mol. The van der Waals surface area contributed by atoms with Gasteiger partial charge in [-0.25, -0.2) is 12.7 Å². The fourth-order valence-corrected chi connectivity index (χ4v) is 4.07. The van der Waals surface area contributed by atoms with Gasteiger partial charge in [0, 0.05) is 44.8 Å². The molecule has 1 amide bonds. The lowest BCUT2D eigenvalue weighted by atomic mass is 10.00. The van der Waals surface area contributed by atoms with Crippen LogP contribution in [0.4, 0.5) is 0 Å². The molecule has 27 heavy (non-hydrogen) atoms. The number of morpholine rings is 1. The summed E-state index contributed by atoms with van der Waals surface area (Å²) in [4.78, 5) is 15.0. The van der Waals surface area contributed by atoms with E-state index in [0.717, 1.165) is 17.4 Å². The normalized spacial score (nSPS) is 22.0. The summed E-state index contributed by atoms with van der Waals surface area (Å²) in [7, 11) is -0.542. The molecule has 2 atom stereocenters. The lowest BCUT2D eigenvalue weighted by Gasteiger charge is -2.45. The van der Waals surface area contributed by atoms with Gasteiger partial charge in [-0.15, -0.1) is 0 Å². The van der Waals surface area contributed by atoms with Crippen molar-refractivity contribution in [1.82, 2.24) is 14.5 Å². The second-order valence-corrected chi connectivity index (χ2v) is 10.1. The minimum atomic E-state index is -3.50. The Kier molecular flexibility index (Phi) is 6.68. The molecule has 0 spiro atoms. The summed E-state index contributed by atoms with van der Waals surface area (Å²) >= 11 is 0. The van der Waals surface area contributed by atoms with Crippen molar-refractivity contribution in [2.75, 3.05) is 33.7 Å². The summed E-state index contributed by atoms with van der Waals surface area (Å²) in [6.07, 6.45) is 0.324. The molecule has 1 heterocycles. The number of carbonyl (C=O) groups is 1. The van der Waals surface area contributed by atoms with E-state index in [2.05, 4.69) is 37.9 Å². The molecule has 0 radical (unpaired) electrons. The van der Waals surface area contributed by atoms with Crippen LogP contribution in [0.2, 0.25) is 0 Å². The van der Waals surface area contributed by atoms with Gasteiger partial charge in [0.1, 0.15) is 0 Å². The summed E-state index contributed by atoms with van der Waals surface area (Å²) in [6.45, 7) is 10.5. The van der Waals surface area contributed by atoms with Crippen LogP contribution in [-0.4, -0.2) is 75.0 Å². The second kappa shape index (κ2) is 8.26. The van der Waals surface area contributed by atoms with Gasteiger partial charge in [0.25, 0.3) is 5.91 Å². The van der Waals surface area contributed by atoms with Crippen molar-refractivity contribution in [3.05, 3.63) is 29.8 Å². The fraction of sp³-hybridized carbons (Fsp3) is 0.632. The number of amides is 1. The highest BCUT2D eigenvalue weighted by atomic mass is 32.2. The van der Waals surface area contributed by atoms with E-state index < -0.39 is 10.0 Å². The van der Waals surface area contributed by atoms with Gasteiger partial charge in [0.05, 0.1) is 17.1 Å². The SMILES string of the molecule is CC1CN(C(C)(C)CNC(=O)c2ccc(S(=O)(=O)N(C)C)cc2)CC(C)O1. The van der Waals surface area contributed by atoms with Crippen LogP contribution in [0.5, 0.6) is 0 Å². The minimum Gasteiger partial charge on any atom is -0.373 e. The molecule has 0 aliphatic carbocycles. The third-order valence-corrected chi connectivity index (χ3v) is 6.68. The van der Waals surface area contributed by atoms with Crippen LogP contribution < -0.4 is 5.32 Å². The Morgan fingerprint density at radius 1 is 1.19 bits per heavy atom. The summed E-state index contributed by atoms with van der Waals surface area (Å²) in [5, 5.41) is 2.97. The number of hydrogen-bond donors (Lipinski definition) is 1. The Morgan fingerprint density at radius 2 is 1.70 bits per heavy atom. The first-order valence-electron chi connectivity index (χ1n) is 9.15. The first kappa shape index (κ1) is 21.8. The highest BCUT2D eigenvalue weighted by Gasteiger charge is 2.33. The molecule has 1 N–H and O–H groups in total. The molecule has 8 heteroatoms. The van der Waals surface area contributed by atoms with Gasteiger partial charge >= 0.3 is 0 Å². The first-order valence-corrected chi connectivity index (χ1v) is 10.6. The summed E-state index contributed by atoms with van der Waals surface area (Å²) < 4.78 is 31.1. The molecular weight excluding hydrogens is 366 g/mol. The Balaban J connectivity index is 2.01. The van der Waals surface area contributed by atoms with Crippen molar-refractivity contribution >= 4 is 15.9 Å². The molecule has 152 valence electrons. The smallest absolute Gasteiger partial charge is 0.251 e. The third-order valence-electron chi connectivity index (χ3n) is 4.85. The molecule has 1 aliphatic rings. The summed E-state index contributed by atoms with van der Waals surface area (Å²) in [6, 6.07) is 6.00. The van der Waals surface area contributed by atoms with E-state index in [1.165, 1.54) is 38.4 Å². The fourth-order valence-electron chi connectivity index (χ4n) is 3.17. The molecule has 1 saturated heterocycles. The topological polar surface area (TPSA) is 79.0 Å². The number of rotatable bonds is 6. The highest BCUT2D eigenvalue weighted by molar-refractivity contribution is 7.89. The van der Waals surface area contributed by atoms with Crippen LogP contribution in [0, 0.1) is 0 Å². The Morgan fingerprint density at radius 3 is 2.19 bits per heavy atom. The van der Waals surface area contributed by atoms with Crippen LogP contribution in [0.3, 0.4) is 0 Å². The molecular formula is C19H31N3O4S. The zero-order chi connectivity index (χ0) is 20.4. The number of nitrogens with one attached hydrogen (secondary N) is 1. The van der Waals surface area contributed by atoms with E-state index in [4.69, 9.17) is 4.74 Å². The Bertz CT molecular complexity index is 750. The van der Waals surface area contributed by atoms with Gasteiger partial charge in [-0.1, -0.05) is 0 Å².